The van der Waals surface area contributed by atoms with Crippen molar-refractivity contribution in [2.75, 3.05) is 12.3 Å². The predicted molar refractivity (Wildman–Crippen MR) is 64.4 cm³/mol. The number of halogens is 2. The molecular formula is C12H11F2N3O3. The first-order chi connectivity index (χ1) is 9.31. The molecule has 0 saturated carbocycles. The van der Waals surface area contributed by atoms with Crippen molar-refractivity contribution in [2.45, 2.75) is 13.0 Å². The second-order valence-corrected chi connectivity index (χ2v) is 4.38. The highest BCUT2D eigenvalue weighted by molar-refractivity contribution is 6.07. The summed E-state index contributed by atoms with van der Waals surface area (Å²) >= 11 is 0. The Bertz CT molecular complexity index is 618. The lowest BCUT2D eigenvalue weighted by atomic mass is 10.1. The first-order valence-electron chi connectivity index (χ1n) is 5.70. The number of nitrogen functional groups attached to an aromatic ring is 1. The molecule has 1 aliphatic heterocycles. The quantitative estimate of drug-likeness (QED) is 0.562. The highest BCUT2D eigenvalue weighted by Gasteiger charge is 2.35. The van der Waals surface area contributed by atoms with Gasteiger partial charge in [0.25, 0.3) is 5.91 Å². The number of amides is 3. The fourth-order valence-corrected chi connectivity index (χ4v) is 1.85. The van der Waals surface area contributed by atoms with Gasteiger partial charge in [0.15, 0.2) is 0 Å². The number of rotatable bonds is 1. The van der Waals surface area contributed by atoms with E-state index in [9.17, 15) is 23.2 Å². The van der Waals surface area contributed by atoms with Gasteiger partial charge in [0.1, 0.15) is 24.2 Å². The molecule has 1 aromatic carbocycles. The van der Waals surface area contributed by atoms with Gasteiger partial charge in [-0.2, -0.15) is 0 Å². The lowest BCUT2D eigenvalue weighted by Crippen LogP contribution is -2.58. The van der Waals surface area contributed by atoms with E-state index in [2.05, 4.69) is 5.32 Å². The molecule has 3 N–H and O–H groups in total. The Kier molecular flexibility index (Phi) is 3.39. The van der Waals surface area contributed by atoms with Crippen LogP contribution < -0.4 is 11.1 Å². The Morgan fingerprint density at radius 1 is 1.35 bits per heavy atom. The number of anilines is 1. The number of piperazine rings is 1. The number of nitrogens with zero attached hydrogens (tertiary/aromatic N) is 1. The Morgan fingerprint density at radius 3 is 2.65 bits per heavy atom. The smallest absolute Gasteiger partial charge is 0.258 e. The van der Waals surface area contributed by atoms with Gasteiger partial charge in [-0.1, -0.05) is 0 Å². The standard InChI is InChI=1S/C12H11F2N3O3/c1-5-11(19)16-10(18)4-17(5)12(20)6-2-9(15)8(14)3-7(6)13/h2-3,5H,4,15H2,1H3,(H,16,18,19). The number of carbonyl (C=O) groups excluding carboxylic acids is 3. The summed E-state index contributed by atoms with van der Waals surface area (Å²) in [5.74, 6) is -4.32. The van der Waals surface area contributed by atoms with E-state index >= 15 is 0 Å². The summed E-state index contributed by atoms with van der Waals surface area (Å²) in [6, 6.07) is 0.390. The van der Waals surface area contributed by atoms with Crippen LogP contribution in [-0.2, 0) is 9.59 Å². The fraction of sp³-hybridized carbons (Fsp3) is 0.250. The third-order valence-corrected chi connectivity index (χ3v) is 3.00. The maximum absolute atomic E-state index is 13.6. The highest BCUT2D eigenvalue weighted by atomic mass is 19.1. The first kappa shape index (κ1) is 13.9. The molecule has 1 heterocycles. The van der Waals surface area contributed by atoms with Crippen LogP contribution in [0.15, 0.2) is 12.1 Å². The van der Waals surface area contributed by atoms with E-state index < -0.39 is 46.6 Å². The molecule has 3 amide bonds. The zero-order valence-electron chi connectivity index (χ0n) is 10.4. The molecule has 0 radical (unpaired) electrons. The third-order valence-electron chi connectivity index (χ3n) is 3.00. The lowest BCUT2D eigenvalue weighted by Gasteiger charge is -2.31. The van der Waals surface area contributed by atoms with Gasteiger partial charge in [-0.05, 0) is 13.0 Å². The summed E-state index contributed by atoms with van der Waals surface area (Å²) in [7, 11) is 0. The number of imide groups is 1. The fourth-order valence-electron chi connectivity index (χ4n) is 1.85. The van der Waals surface area contributed by atoms with Crippen molar-refractivity contribution >= 4 is 23.4 Å². The predicted octanol–water partition coefficient (Wildman–Crippen LogP) is 0.0341. The minimum absolute atomic E-state index is 0.386. The molecule has 2 rings (SSSR count). The van der Waals surface area contributed by atoms with Crippen LogP contribution in [0.2, 0.25) is 0 Å². The van der Waals surface area contributed by atoms with E-state index in [0.717, 1.165) is 11.0 Å². The number of nitrogens with one attached hydrogen (secondary N) is 1. The molecule has 8 heteroatoms. The average molecular weight is 283 g/mol. The maximum Gasteiger partial charge on any atom is 0.258 e. The third kappa shape index (κ3) is 2.31. The van der Waals surface area contributed by atoms with Crippen molar-refractivity contribution in [3.63, 3.8) is 0 Å². The first-order valence-corrected chi connectivity index (χ1v) is 5.70. The molecule has 1 unspecified atom stereocenters. The second kappa shape index (κ2) is 4.87. The molecule has 1 atom stereocenters. The summed E-state index contributed by atoms with van der Waals surface area (Å²) in [5, 5.41) is 2.05. The van der Waals surface area contributed by atoms with Crippen molar-refractivity contribution in [1.29, 1.82) is 0 Å². The van der Waals surface area contributed by atoms with Crippen LogP contribution >= 0.6 is 0 Å². The van der Waals surface area contributed by atoms with Gasteiger partial charge in [0.05, 0.1) is 11.3 Å². The number of hydrogen-bond acceptors (Lipinski definition) is 4. The van der Waals surface area contributed by atoms with Crippen molar-refractivity contribution in [3.8, 4) is 0 Å². The minimum Gasteiger partial charge on any atom is -0.396 e. The number of carbonyl (C=O) groups is 3. The van der Waals surface area contributed by atoms with Crippen LogP contribution in [0, 0.1) is 11.6 Å². The summed E-state index contributed by atoms with van der Waals surface area (Å²) in [4.78, 5) is 35.8. The molecule has 1 aromatic rings. The Morgan fingerprint density at radius 2 is 2.00 bits per heavy atom. The zero-order valence-corrected chi connectivity index (χ0v) is 10.4. The maximum atomic E-state index is 13.6. The molecular weight excluding hydrogens is 272 g/mol. The number of benzene rings is 1. The van der Waals surface area contributed by atoms with Gasteiger partial charge < -0.3 is 10.6 Å². The summed E-state index contributed by atoms with van der Waals surface area (Å²) in [6.45, 7) is 1.01. The molecule has 0 aromatic heterocycles. The Hall–Kier alpha value is -2.51. The SMILES string of the molecule is CC1C(=O)NC(=O)CN1C(=O)c1cc(N)c(F)cc1F. The van der Waals surface area contributed by atoms with Crippen LogP contribution in [0.3, 0.4) is 0 Å². The molecule has 106 valence electrons. The monoisotopic (exact) mass is 283 g/mol. The van der Waals surface area contributed by atoms with Crippen LogP contribution in [0.5, 0.6) is 0 Å². The van der Waals surface area contributed by atoms with Crippen molar-refractivity contribution in [3.05, 3.63) is 29.3 Å². The van der Waals surface area contributed by atoms with Crippen LogP contribution in [0.1, 0.15) is 17.3 Å². The highest BCUT2D eigenvalue weighted by Crippen LogP contribution is 2.20. The number of hydrogen-bond donors (Lipinski definition) is 2. The summed E-state index contributed by atoms with van der Waals surface area (Å²) < 4.78 is 26.7. The van der Waals surface area contributed by atoms with E-state index in [-0.39, 0.29) is 6.54 Å². The zero-order chi connectivity index (χ0) is 15.0. The van der Waals surface area contributed by atoms with E-state index in [1.807, 2.05) is 0 Å². The number of nitrogens with two attached hydrogens (primary N) is 1. The van der Waals surface area contributed by atoms with Crippen molar-refractivity contribution in [2.24, 2.45) is 0 Å². The van der Waals surface area contributed by atoms with Gasteiger partial charge in [0, 0.05) is 6.07 Å². The molecule has 0 bridgehead atoms. The molecule has 0 aliphatic carbocycles. The molecule has 1 saturated heterocycles. The van der Waals surface area contributed by atoms with Crippen LogP contribution in [0.25, 0.3) is 0 Å². The molecule has 6 nitrogen and oxygen atoms in total. The molecule has 1 aliphatic rings. The summed E-state index contributed by atoms with van der Waals surface area (Å²) in [5.41, 5.74) is 4.41. The van der Waals surface area contributed by atoms with E-state index in [4.69, 9.17) is 5.73 Å². The molecule has 1 fully saturated rings. The van der Waals surface area contributed by atoms with Gasteiger partial charge in [-0.3, -0.25) is 19.7 Å². The van der Waals surface area contributed by atoms with Gasteiger partial charge in [-0.25, -0.2) is 8.78 Å². The van der Waals surface area contributed by atoms with Crippen molar-refractivity contribution < 1.29 is 23.2 Å². The minimum atomic E-state index is -1.10. The Labute approximate surface area is 112 Å². The van der Waals surface area contributed by atoms with E-state index in [1.54, 1.807) is 0 Å². The normalized spacial score (nSPS) is 18.9. The van der Waals surface area contributed by atoms with Gasteiger partial charge in [0.2, 0.25) is 11.8 Å². The molecule has 20 heavy (non-hydrogen) atoms. The van der Waals surface area contributed by atoms with Gasteiger partial charge in [-0.15, -0.1) is 0 Å². The lowest BCUT2D eigenvalue weighted by molar-refractivity contribution is -0.138. The molecule has 0 spiro atoms. The van der Waals surface area contributed by atoms with Gasteiger partial charge >= 0.3 is 0 Å². The van der Waals surface area contributed by atoms with Crippen LogP contribution in [0.4, 0.5) is 14.5 Å². The van der Waals surface area contributed by atoms with E-state index in [0.29, 0.717) is 6.07 Å². The Balaban J connectivity index is 2.38. The van der Waals surface area contributed by atoms with E-state index in [1.165, 1.54) is 6.92 Å². The topological polar surface area (TPSA) is 92.5 Å². The summed E-state index contributed by atoms with van der Waals surface area (Å²) in [6.07, 6.45) is 0. The van der Waals surface area contributed by atoms with Crippen LogP contribution in [-0.4, -0.2) is 35.2 Å². The largest absolute Gasteiger partial charge is 0.396 e. The van der Waals surface area contributed by atoms with Crippen molar-refractivity contribution in [1.82, 2.24) is 10.2 Å². The second-order valence-electron chi connectivity index (χ2n) is 4.38. The average Bonchev–Trinajstić information content (AvgIpc) is 2.37.